The number of carbonyl (C=O) groups excluding carboxylic acids is 1. The average Bonchev–Trinajstić information content (AvgIpc) is 2.72. The summed E-state index contributed by atoms with van der Waals surface area (Å²) in [6.07, 6.45) is 8.24. The summed E-state index contributed by atoms with van der Waals surface area (Å²) >= 11 is 0. The number of aromatic nitrogens is 1. The van der Waals surface area contributed by atoms with Crippen LogP contribution in [-0.2, 0) is 10.0 Å². The Morgan fingerprint density at radius 2 is 1.82 bits per heavy atom. The zero-order valence-electron chi connectivity index (χ0n) is 16.6. The topological polar surface area (TPSA) is 73.8 Å². The lowest BCUT2D eigenvalue weighted by molar-refractivity contribution is 0.0372. The van der Waals surface area contributed by atoms with Gasteiger partial charge in [0.15, 0.2) is 0 Å². The third kappa shape index (κ3) is 4.23. The second-order valence-corrected chi connectivity index (χ2v) is 10.3. The van der Waals surface area contributed by atoms with Crippen LogP contribution in [0.4, 0.5) is 0 Å². The molecule has 3 aliphatic heterocycles. The van der Waals surface area contributed by atoms with Crippen LogP contribution in [0.1, 0.15) is 54.1 Å². The van der Waals surface area contributed by atoms with Crippen LogP contribution in [-0.4, -0.2) is 85.0 Å². The third-order valence-electron chi connectivity index (χ3n) is 6.50. The lowest BCUT2D eigenvalue weighted by atomic mass is 9.94. The molecule has 1 amide bonds. The van der Waals surface area contributed by atoms with Crippen molar-refractivity contribution in [3.05, 3.63) is 29.6 Å². The largest absolute Gasteiger partial charge is 0.336 e. The minimum Gasteiger partial charge on any atom is -0.336 e. The van der Waals surface area contributed by atoms with Crippen LogP contribution in [0.2, 0.25) is 0 Å². The molecule has 7 nitrogen and oxygen atoms in total. The Kier molecular flexibility index (Phi) is 5.71. The van der Waals surface area contributed by atoms with Gasteiger partial charge in [-0.25, -0.2) is 12.7 Å². The summed E-state index contributed by atoms with van der Waals surface area (Å²) in [7, 11) is -3.11. The maximum absolute atomic E-state index is 12.9. The number of amides is 1. The molecular weight excluding hydrogens is 376 g/mol. The number of hydrogen-bond acceptors (Lipinski definition) is 5. The Labute approximate surface area is 167 Å². The van der Waals surface area contributed by atoms with Gasteiger partial charge in [0.05, 0.1) is 11.8 Å². The van der Waals surface area contributed by atoms with Gasteiger partial charge in [-0.1, -0.05) is 6.42 Å². The number of fused-ring (bicyclic) bond motifs is 1. The van der Waals surface area contributed by atoms with E-state index in [1.807, 2.05) is 17.0 Å². The van der Waals surface area contributed by atoms with Gasteiger partial charge < -0.3 is 4.90 Å². The molecule has 3 saturated heterocycles. The Bertz CT molecular complexity index is 803. The Morgan fingerprint density at radius 3 is 2.50 bits per heavy atom. The standard InChI is InChI=1S/C20H30N4O3S/c1-28(26,27)24-10-7-16(8-11-24)19-6-5-17(14-21-19)20(25)23-13-12-22-9-3-2-4-18(22)15-23/h5-6,14,16,18H,2-4,7-13,15H2,1H3. The average molecular weight is 407 g/mol. The molecule has 3 fully saturated rings. The highest BCUT2D eigenvalue weighted by Crippen LogP contribution is 2.28. The first-order valence-electron chi connectivity index (χ1n) is 10.4. The van der Waals surface area contributed by atoms with Crippen molar-refractivity contribution in [3.63, 3.8) is 0 Å². The van der Waals surface area contributed by atoms with Crippen LogP contribution in [0.3, 0.4) is 0 Å². The van der Waals surface area contributed by atoms with Crippen LogP contribution in [0.15, 0.2) is 18.3 Å². The van der Waals surface area contributed by atoms with Crippen molar-refractivity contribution < 1.29 is 13.2 Å². The van der Waals surface area contributed by atoms with Crippen LogP contribution in [0.25, 0.3) is 0 Å². The van der Waals surface area contributed by atoms with Gasteiger partial charge in [-0.3, -0.25) is 14.7 Å². The van der Waals surface area contributed by atoms with Gasteiger partial charge in [0, 0.05) is 56.6 Å². The van der Waals surface area contributed by atoms with Crippen molar-refractivity contribution in [2.45, 2.75) is 44.1 Å². The van der Waals surface area contributed by atoms with Gasteiger partial charge in [-0.15, -0.1) is 0 Å². The number of piperidine rings is 2. The van der Waals surface area contributed by atoms with Crippen LogP contribution in [0, 0.1) is 0 Å². The fourth-order valence-corrected chi connectivity index (χ4v) is 5.65. The first-order chi connectivity index (χ1) is 13.4. The lowest BCUT2D eigenvalue weighted by Crippen LogP contribution is -2.56. The molecule has 28 heavy (non-hydrogen) atoms. The molecule has 154 valence electrons. The predicted octanol–water partition coefficient (Wildman–Crippen LogP) is 1.53. The van der Waals surface area contributed by atoms with Crippen LogP contribution >= 0.6 is 0 Å². The molecule has 0 N–H and O–H groups in total. The molecule has 0 spiro atoms. The molecule has 3 aliphatic rings. The van der Waals surface area contributed by atoms with Crippen LogP contribution in [0.5, 0.6) is 0 Å². The summed E-state index contributed by atoms with van der Waals surface area (Å²) in [5.41, 5.74) is 1.61. The lowest BCUT2D eigenvalue weighted by Gasteiger charge is -2.44. The van der Waals surface area contributed by atoms with Gasteiger partial charge in [0.2, 0.25) is 10.0 Å². The Hall–Kier alpha value is -1.51. The van der Waals surface area contributed by atoms with E-state index in [1.165, 1.54) is 36.4 Å². The van der Waals surface area contributed by atoms with Gasteiger partial charge in [0.1, 0.15) is 0 Å². The molecule has 4 heterocycles. The highest BCUT2D eigenvalue weighted by atomic mass is 32.2. The number of hydrogen-bond donors (Lipinski definition) is 0. The van der Waals surface area contributed by atoms with E-state index in [4.69, 9.17) is 0 Å². The van der Waals surface area contributed by atoms with E-state index < -0.39 is 10.0 Å². The molecule has 8 heteroatoms. The minimum atomic E-state index is -3.11. The molecule has 1 atom stereocenters. The molecule has 0 bridgehead atoms. The summed E-state index contributed by atoms with van der Waals surface area (Å²) in [5, 5.41) is 0. The number of sulfonamides is 1. The van der Waals surface area contributed by atoms with E-state index in [2.05, 4.69) is 9.88 Å². The monoisotopic (exact) mass is 406 g/mol. The Morgan fingerprint density at radius 1 is 1.04 bits per heavy atom. The molecule has 1 unspecified atom stereocenters. The van der Waals surface area contributed by atoms with Crippen molar-refractivity contribution >= 4 is 15.9 Å². The van der Waals surface area contributed by atoms with Crippen LogP contribution < -0.4 is 0 Å². The highest BCUT2D eigenvalue weighted by molar-refractivity contribution is 7.88. The number of rotatable bonds is 3. The van der Waals surface area contributed by atoms with E-state index >= 15 is 0 Å². The zero-order valence-corrected chi connectivity index (χ0v) is 17.4. The number of pyridine rings is 1. The summed E-state index contributed by atoms with van der Waals surface area (Å²) in [6.45, 7) is 4.84. The van der Waals surface area contributed by atoms with Crippen molar-refractivity contribution in [2.24, 2.45) is 0 Å². The van der Waals surface area contributed by atoms with E-state index in [0.29, 0.717) is 24.7 Å². The number of carbonyl (C=O) groups is 1. The van der Waals surface area contributed by atoms with Crippen molar-refractivity contribution in [2.75, 3.05) is 45.5 Å². The zero-order chi connectivity index (χ0) is 19.7. The number of nitrogens with zero attached hydrogens (tertiary/aromatic N) is 4. The summed E-state index contributed by atoms with van der Waals surface area (Å²) in [6, 6.07) is 4.35. The molecule has 0 saturated carbocycles. The van der Waals surface area contributed by atoms with E-state index in [9.17, 15) is 13.2 Å². The molecular formula is C20H30N4O3S. The van der Waals surface area contributed by atoms with Gasteiger partial charge >= 0.3 is 0 Å². The maximum atomic E-state index is 12.9. The quantitative estimate of drug-likeness (QED) is 0.761. The molecule has 1 aromatic rings. The summed E-state index contributed by atoms with van der Waals surface area (Å²) < 4.78 is 24.8. The van der Waals surface area contributed by atoms with E-state index in [-0.39, 0.29) is 11.8 Å². The molecule has 0 aliphatic carbocycles. The summed E-state index contributed by atoms with van der Waals surface area (Å²) in [5.74, 6) is 0.337. The van der Waals surface area contributed by atoms with Gasteiger partial charge in [-0.05, 0) is 44.4 Å². The van der Waals surface area contributed by atoms with Crippen molar-refractivity contribution in [3.8, 4) is 0 Å². The first kappa shape index (κ1) is 19.8. The normalized spacial score (nSPS) is 25.5. The Balaban J connectivity index is 1.36. The second-order valence-electron chi connectivity index (χ2n) is 8.34. The van der Waals surface area contributed by atoms with E-state index in [0.717, 1.165) is 38.2 Å². The van der Waals surface area contributed by atoms with Crippen molar-refractivity contribution in [1.82, 2.24) is 19.1 Å². The molecule has 4 rings (SSSR count). The SMILES string of the molecule is CS(=O)(=O)N1CCC(c2ccc(C(=O)N3CCN4CCCCC4C3)cn2)CC1. The third-order valence-corrected chi connectivity index (χ3v) is 7.80. The smallest absolute Gasteiger partial charge is 0.255 e. The minimum absolute atomic E-state index is 0.0798. The fourth-order valence-electron chi connectivity index (χ4n) is 4.78. The highest BCUT2D eigenvalue weighted by Gasteiger charge is 2.32. The number of piperazine rings is 1. The molecule has 0 radical (unpaired) electrons. The maximum Gasteiger partial charge on any atom is 0.255 e. The van der Waals surface area contributed by atoms with E-state index in [1.54, 1.807) is 6.20 Å². The predicted molar refractivity (Wildman–Crippen MR) is 108 cm³/mol. The molecule has 1 aromatic heterocycles. The second kappa shape index (κ2) is 8.08. The molecule has 0 aromatic carbocycles. The summed E-state index contributed by atoms with van der Waals surface area (Å²) in [4.78, 5) is 22.0. The van der Waals surface area contributed by atoms with Gasteiger partial charge in [0.25, 0.3) is 5.91 Å². The fraction of sp³-hybridized carbons (Fsp3) is 0.700. The first-order valence-corrected chi connectivity index (χ1v) is 12.2. The van der Waals surface area contributed by atoms with Crippen molar-refractivity contribution in [1.29, 1.82) is 0 Å². The van der Waals surface area contributed by atoms with Gasteiger partial charge in [-0.2, -0.15) is 0 Å².